The molecule has 0 radical (unpaired) electrons. The highest BCUT2D eigenvalue weighted by Crippen LogP contribution is 2.20. The first-order chi connectivity index (χ1) is 9.36. The van der Waals surface area contributed by atoms with Crippen molar-refractivity contribution in [3.63, 3.8) is 0 Å². The highest BCUT2D eigenvalue weighted by Gasteiger charge is 2.39. The first kappa shape index (κ1) is 17.0. The zero-order valence-corrected chi connectivity index (χ0v) is 13.4. The van der Waals surface area contributed by atoms with Crippen LogP contribution in [0.2, 0.25) is 0 Å². The maximum atomic E-state index is 12.5. The van der Waals surface area contributed by atoms with Crippen LogP contribution in [-0.4, -0.2) is 48.1 Å². The molecule has 0 aromatic rings. The molecule has 2 amide bonds. The minimum atomic E-state index is -0.374. The summed E-state index contributed by atoms with van der Waals surface area (Å²) in [6.07, 6.45) is 2.94. The van der Waals surface area contributed by atoms with E-state index in [0.29, 0.717) is 19.4 Å². The lowest BCUT2D eigenvalue weighted by molar-refractivity contribution is -0.150. The van der Waals surface area contributed by atoms with Gasteiger partial charge in [-0.3, -0.25) is 9.59 Å². The van der Waals surface area contributed by atoms with Gasteiger partial charge in [0.25, 0.3) is 0 Å². The number of methoxy groups -OCH3 is 1. The smallest absolute Gasteiger partial charge is 0.245 e. The fourth-order valence-electron chi connectivity index (χ4n) is 2.42. The molecule has 0 aromatic carbocycles. The van der Waals surface area contributed by atoms with E-state index in [1.807, 2.05) is 27.7 Å². The van der Waals surface area contributed by atoms with Gasteiger partial charge in [-0.25, -0.2) is 0 Å². The SMILES string of the molecule is CCCC1C(=O)NC(CC)C(=O)N1CCC(C)(C)OC. The van der Waals surface area contributed by atoms with Crippen molar-refractivity contribution in [2.45, 2.75) is 71.1 Å². The van der Waals surface area contributed by atoms with Crippen molar-refractivity contribution in [3.8, 4) is 0 Å². The summed E-state index contributed by atoms with van der Waals surface area (Å²) in [5, 5.41) is 2.83. The maximum absolute atomic E-state index is 12.5. The molecule has 0 aromatic heterocycles. The highest BCUT2D eigenvalue weighted by molar-refractivity contribution is 5.96. The topological polar surface area (TPSA) is 58.6 Å². The third-order valence-electron chi connectivity index (χ3n) is 4.05. The zero-order chi connectivity index (χ0) is 15.3. The lowest BCUT2D eigenvalue weighted by atomic mass is 9.98. The van der Waals surface area contributed by atoms with Gasteiger partial charge in [-0.15, -0.1) is 0 Å². The van der Waals surface area contributed by atoms with Gasteiger partial charge in [0.05, 0.1) is 5.60 Å². The Morgan fingerprint density at radius 2 is 1.95 bits per heavy atom. The first-order valence-electron chi connectivity index (χ1n) is 7.52. The second kappa shape index (κ2) is 7.07. The number of hydrogen-bond donors (Lipinski definition) is 1. The molecule has 1 rings (SSSR count). The van der Waals surface area contributed by atoms with E-state index < -0.39 is 0 Å². The van der Waals surface area contributed by atoms with Crippen LogP contribution in [0.1, 0.15) is 53.4 Å². The van der Waals surface area contributed by atoms with Crippen molar-refractivity contribution in [2.24, 2.45) is 0 Å². The molecule has 1 aliphatic heterocycles. The van der Waals surface area contributed by atoms with Gasteiger partial charge in [0.2, 0.25) is 11.8 Å². The van der Waals surface area contributed by atoms with Crippen molar-refractivity contribution < 1.29 is 14.3 Å². The molecule has 5 heteroatoms. The van der Waals surface area contributed by atoms with Crippen molar-refractivity contribution in [1.29, 1.82) is 0 Å². The number of nitrogens with one attached hydrogen (secondary N) is 1. The van der Waals surface area contributed by atoms with Crippen LogP contribution in [0.25, 0.3) is 0 Å². The molecule has 1 N–H and O–H groups in total. The summed E-state index contributed by atoms with van der Waals surface area (Å²) in [5.74, 6) is 0.0194. The fraction of sp³-hybridized carbons (Fsp3) is 0.867. The molecule has 5 nitrogen and oxygen atoms in total. The molecule has 1 aliphatic rings. The lowest BCUT2D eigenvalue weighted by Crippen LogP contribution is -2.63. The summed E-state index contributed by atoms with van der Waals surface area (Å²) >= 11 is 0. The molecule has 0 bridgehead atoms. The number of rotatable bonds is 7. The van der Waals surface area contributed by atoms with Crippen molar-refractivity contribution in [2.75, 3.05) is 13.7 Å². The Labute approximate surface area is 122 Å². The molecule has 20 heavy (non-hydrogen) atoms. The van der Waals surface area contributed by atoms with Crippen LogP contribution < -0.4 is 5.32 Å². The predicted molar refractivity (Wildman–Crippen MR) is 78.3 cm³/mol. The second-order valence-corrected chi connectivity index (χ2v) is 6.02. The van der Waals surface area contributed by atoms with E-state index in [9.17, 15) is 9.59 Å². The van der Waals surface area contributed by atoms with Crippen LogP contribution in [0.5, 0.6) is 0 Å². The van der Waals surface area contributed by atoms with Crippen LogP contribution >= 0.6 is 0 Å². The van der Waals surface area contributed by atoms with Gasteiger partial charge in [0.1, 0.15) is 12.1 Å². The maximum Gasteiger partial charge on any atom is 0.245 e. The number of piperazine rings is 1. The van der Waals surface area contributed by atoms with E-state index in [0.717, 1.165) is 12.8 Å². The van der Waals surface area contributed by atoms with E-state index >= 15 is 0 Å². The van der Waals surface area contributed by atoms with Crippen LogP contribution in [-0.2, 0) is 14.3 Å². The van der Waals surface area contributed by atoms with Gasteiger partial charge in [-0.1, -0.05) is 20.3 Å². The minimum absolute atomic E-state index is 0.0199. The van der Waals surface area contributed by atoms with Crippen molar-refractivity contribution in [1.82, 2.24) is 10.2 Å². The van der Waals surface area contributed by atoms with Gasteiger partial charge in [-0.05, 0) is 33.1 Å². The largest absolute Gasteiger partial charge is 0.379 e. The van der Waals surface area contributed by atoms with Crippen LogP contribution in [0.3, 0.4) is 0 Å². The summed E-state index contributed by atoms with van der Waals surface area (Å²) in [5.41, 5.74) is -0.285. The lowest BCUT2D eigenvalue weighted by Gasteiger charge is -2.40. The number of amides is 2. The minimum Gasteiger partial charge on any atom is -0.379 e. The molecular formula is C15H28N2O3. The fourth-order valence-corrected chi connectivity index (χ4v) is 2.42. The quantitative estimate of drug-likeness (QED) is 0.774. The summed E-state index contributed by atoms with van der Waals surface area (Å²) in [4.78, 5) is 26.4. The molecular weight excluding hydrogens is 256 g/mol. The number of carbonyl (C=O) groups is 2. The third-order valence-corrected chi connectivity index (χ3v) is 4.05. The summed E-state index contributed by atoms with van der Waals surface area (Å²) in [6.45, 7) is 8.50. The van der Waals surface area contributed by atoms with Crippen LogP contribution in [0.15, 0.2) is 0 Å². The average molecular weight is 284 g/mol. The Balaban J connectivity index is 2.83. The molecule has 2 unspecified atom stereocenters. The number of ether oxygens (including phenoxy) is 1. The summed E-state index contributed by atoms with van der Waals surface area (Å²) in [7, 11) is 1.67. The Morgan fingerprint density at radius 3 is 2.45 bits per heavy atom. The van der Waals surface area contributed by atoms with Gasteiger partial charge < -0.3 is 15.0 Å². The van der Waals surface area contributed by atoms with Crippen molar-refractivity contribution >= 4 is 11.8 Å². The van der Waals surface area contributed by atoms with E-state index in [2.05, 4.69) is 5.32 Å². The van der Waals surface area contributed by atoms with Gasteiger partial charge in [-0.2, -0.15) is 0 Å². The molecule has 0 aliphatic carbocycles. The van der Waals surface area contributed by atoms with E-state index in [1.165, 1.54) is 0 Å². The number of nitrogens with zero attached hydrogens (tertiary/aromatic N) is 1. The second-order valence-electron chi connectivity index (χ2n) is 6.02. The Bertz CT molecular complexity index is 355. The Kier molecular flexibility index (Phi) is 5.99. The molecule has 0 spiro atoms. The normalized spacial score (nSPS) is 23.9. The number of hydrogen-bond acceptors (Lipinski definition) is 3. The van der Waals surface area contributed by atoms with E-state index in [1.54, 1.807) is 12.0 Å². The molecule has 0 saturated carbocycles. The number of carbonyl (C=O) groups excluding carboxylic acids is 2. The Morgan fingerprint density at radius 1 is 1.30 bits per heavy atom. The first-order valence-corrected chi connectivity index (χ1v) is 7.52. The summed E-state index contributed by atoms with van der Waals surface area (Å²) < 4.78 is 5.40. The monoisotopic (exact) mass is 284 g/mol. The van der Waals surface area contributed by atoms with E-state index in [-0.39, 0.29) is 29.5 Å². The van der Waals surface area contributed by atoms with Gasteiger partial charge >= 0.3 is 0 Å². The molecule has 116 valence electrons. The van der Waals surface area contributed by atoms with Gasteiger partial charge in [0.15, 0.2) is 0 Å². The van der Waals surface area contributed by atoms with Crippen molar-refractivity contribution in [3.05, 3.63) is 0 Å². The Hall–Kier alpha value is -1.10. The molecule has 1 saturated heterocycles. The predicted octanol–water partition coefficient (Wildman–Crippen LogP) is 1.71. The molecule has 2 atom stereocenters. The highest BCUT2D eigenvalue weighted by atomic mass is 16.5. The van der Waals surface area contributed by atoms with Gasteiger partial charge in [0, 0.05) is 13.7 Å². The molecule has 1 fully saturated rings. The molecule has 1 heterocycles. The average Bonchev–Trinajstić information content (AvgIpc) is 2.42. The van der Waals surface area contributed by atoms with E-state index in [4.69, 9.17) is 4.74 Å². The standard InChI is InChI=1S/C15H28N2O3/c1-6-8-12-13(18)16-11(7-2)14(19)17(12)10-9-15(3,4)20-5/h11-12H,6-10H2,1-5H3,(H,16,18). The summed E-state index contributed by atoms with van der Waals surface area (Å²) in [6, 6.07) is -0.704. The third kappa shape index (κ3) is 3.95. The zero-order valence-electron chi connectivity index (χ0n) is 13.4. The van der Waals surface area contributed by atoms with Crippen LogP contribution in [0.4, 0.5) is 0 Å². The van der Waals surface area contributed by atoms with Crippen LogP contribution in [0, 0.1) is 0 Å².